The number of hydrogen-bond donors (Lipinski definition) is 2. The number of aromatic hydroxyl groups is 2. The first-order valence-electron chi connectivity index (χ1n) is 9.29. The maximum Gasteiger partial charge on any atom is 0.163 e. The molecule has 0 radical (unpaired) electrons. The van der Waals surface area contributed by atoms with Gasteiger partial charge in [-0.3, -0.25) is 9.59 Å². The van der Waals surface area contributed by atoms with Gasteiger partial charge in [0.1, 0.15) is 5.78 Å². The lowest BCUT2D eigenvalue weighted by Gasteiger charge is -2.03. The summed E-state index contributed by atoms with van der Waals surface area (Å²) in [7, 11) is 2.87. The van der Waals surface area contributed by atoms with Crippen molar-refractivity contribution in [2.24, 2.45) is 0 Å². The standard InChI is InChI=1S/C21H20O6.C3H6O/c1-26-20-11-14(5-9-18(20)24)3-7-16(22)13-17(23)8-4-15-6-10-19(25)21(12-15)27-2;1-3(2)4/h3-12,24-25H,13H2,1-2H3;1-2H3/b7-3+,8-4+;. The maximum absolute atomic E-state index is 11.9. The normalized spacial score (nSPS) is 10.5. The number of carbonyl (C=O) groups is 3. The Kier molecular flexibility index (Phi) is 10.3. The topological polar surface area (TPSA) is 110 Å². The molecule has 0 bridgehead atoms. The third kappa shape index (κ3) is 9.45. The highest BCUT2D eigenvalue weighted by Crippen LogP contribution is 2.27. The number of allylic oxidation sites excluding steroid dienone is 2. The van der Waals surface area contributed by atoms with Gasteiger partial charge in [-0.1, -0.05) is 24.3 Å². The van der Waals surface area contributed by atoms with Crippen LogP contribution in [0.15, 0.2) is 48.6 Å². The van der Waals surface area contributed by atoms with Gasteiger partial charge in [0.05, 0.1) is 20.6 Å². The molecule has 0 heterocycles. The van der Waals surface area contributed by atoms with Gasteiger partial charge in [-0.15, -0.1) is 0 Å². The SMILES string of the molecule is CC(C)=O.COc1cc(/C=C/C(=O)CC(=O)/C=C/c2ccc(O)c(OC)c2)ccc1O. The second-order valence-corrected chi connectivity index (χ2v) is 6.55. The summed E-state index contributed by atoms with van der Waals surface area (Å²) in [4.78, 5) is 33.3. The van der Waals surface area contributed by atoms with Crippen LogP contribution in [0.4, 0.5) is 0 Å². The number of phenolic OH excluding ortho intramolecular Hbond substituents is 2. The molecule has 0 aliphatic heterocycles. The third-order valence-electron chi connectivity index (χ3n) is 3.68. The molecule has 0 atom stereocenters. The molecule has 164 valence electrons. The van der Waals surface area contributed by atoms with Crippen LogP contribution in [0.5, 0.6) is 23.0 Å². The molecule has 0 aliphatic rings. The average Bonchev–Trinajstić information content (AvgIpc) is 2.72. The van der Waals surface area contributed by atoms with E-state index in [0.717, 1.165) is 0 Å². The lowest BCUT2D eigenvalue weighted by Crippen LogP contribution is -2.01. The summed E-state index contributed by atoms with van der Waals surface area (Å²) >= 11 is 0. The molecule has 2 N–H and O–H groups in total. The molecule has 31 heavy (non-hydrogen) atoms. The van der Waals surface area contributed by atoms with E-state index in [0.29, 0.717) is 22.6 Å². The molecule has 2 aromatic rings. The lowest BCUT2D eigenvalue weighted by molar-refractivity contribution is -0.122. The smallest absolute Gasteiger partial charge is 0.163 e. The van der Waals surface area contributed by atoms with Crippen LogP contribution in [0.2, 0.25) is 0 Å². The molecule has 0 unspecified atom stereocenters. The van der Waals surface area contributed by atoms with Crippen molar-refractivity contribution < 1.29 is 34.1 Å². The Labute approximate surface area is 181 Å². The van der Waals surface area contributed by atoms with Crippen LogP contribution in [0.1, 0.15) is 31.4 Å². The van der Waals surface area contributed by atoms with Crippen LogP contribution in [0.3, 0.4) is 0 Å². The second-order valence-electron chi connectivity index (χ2n) is 6.55. The number of benzene rings is 2. The van der Waals surface area contributed by atoms with E-state index in [-0.39, 0.29) is 35.3 Å². The van der Waals surface area contributed by atoms with Crippen molar-refractivity contribution in [2.45, 2.75) is 20.3 Å². The van der Waals surface area contributed by atoms with Crippen molar-refractivity contribution in [1.82, 2.24) is 0 Å². The van der Waals surface area contributed by atoms with Gasteiger partial charge in [-0.25, -0.2) is 0 Å². The highest BCUT2D eigenvalue weighted by atomic mass is 16.5. The molecular weight excluding hydrogens is 400 g/mol. The second kappa shape index (κ2) is 12.6. The minimum atomic E-state index is -0.347. The van der Waals surface area contributed by atoms with Gasteiger partial charge < -0.3 is 24.5 Å². The number of Topliss-reactive ketones (excluding diaryl/α,β-unsaturated/α-hetero) is 1. The molecule has 0 spiro atoms. The predicted octanol–water partition coefficient (Wildman–Crippen LogP) is 3.97. The van der Waals surface area contributed by atoms with E-state index >= 15 is 0 Å². The molecule has 7 heteroatoms. The minimum absolute atomic E-state index is 0.00662. The van der Waals surface area contributed by atoms with Crippen LogP contribution in [-0.2, 0) is 14.4 Å². The summed E-state index contributed by atoms with van der Waals surface area (Å²) in [6, 6.07) is 9.34. The largest absolute Gasteiger partial charge is 0.504 e. The van der Waals surface area contributed by atoms with E-state index in [4.69, 9.17) is 9.47 Å². The fourth-order valence-electron chi connectivity index (χ4n) is 2.26. The molecule has 2 rings (SSSR count). The highest BCUT2D eigenvalue weighted by Gasteiger charge is 2.06. The Bertz CT molecular complexity index is 910. The first-order valence-corrected chi connectivity index (χ1v) is 9.29. The monoisotopic (exact) mass is 426 g/mol. The summed E-state index contributed by atoms with van der Waals surface area (Å²) in [6.45, 7) is 3.06. The molecule has 2 aromatic carbocycles. The maximum atomic E-state index is 11.9. The number of ether oxygens (including phenoxy) is 2. The quantitative estimate of drug-likeness (QED) is 0.485. The van der Waals surface area contributed by atoms with Crippen LogP contribution < -0.4 is 9.47 Å². The molecule has 0 saturated heterocycles. The van der Waals surface area contributed by atoms with E-state index in [9.17, 15) is 24.6 Å². The molecule has 0 saturated carbocycles. The Morgan fingerprint density at radius 3 is 1.45 bits per heavy atom. The van der Waals surface area contributed by atoms with Crippen molar-refractivity contribution in [3.05, 3.63) is 59.7 Å². The van der Waals surface area contributed by atoms with Crippen molar-refractivity contribution >= 4 is 29.5 Å². The Balaban J connectivity index is 0.00000110. The number of methoxy groups -OCH3 is 2. The molecule has 0 amide bonds. The first-order chi connectivity index (χ1) is 14.7. The molecular formula is C24H26O7. The Hall–Kier alpha value is -3.87. The van der Waals surface area contributed by atoms with Crippen LogP contribution in [-0.4, -0.2) is 41.8 Å². The summed E-state index contributed by atoms with van der Waals surface area (Å²) in [6.07, 6.45) is 5.44. The van der Waals surface area contributed by atoms with E-state index in [1.807, 2.05) is 0 Å². The fraction of sp³-hybridized carbons (Fsp3) is 0.208. The molecule has 0 aliphatic carbocycles. The van der Waals surface area contributed by atoms with E-state index in [2.05, 4.69) is 0 Å². The van der Waals surface area contributed by atoms with E-state index in [1.54, 1.807) is 36.4 Å². The first kappa shape index (κ1) is 25.2. The Morgan fingerprint density at radius 1 is 0.774 bits per heavy atom. The van der Waals surface area contributed by atoms with Crippen LogP contribution >= 0.6 is 0 Å². The van der Waals surface area contributed by atoms with E-state index in [1.165, 1.54) is 52.4 Å². The van der Waals surface area contributed by atoms with Gasteiger partial charge in [0.25, 0.3) is 0 Å². The summed E-state index contributed by atoms with van der Waals surface area (Å²) < 4.78 is 10.00. The van der Waals surface area contributed by atoms with Crippen molar-refractivity contribution in [3.8, 4) is 23.0 Å². The number of phenols is 2. The van der Waals surface area contributed by atoms with Crippen LogP contribution in [0, 0.1) is 0 Å². The average molecular weight is 426 g/mol. The van der Waals surface area contributed by atoms with Crippen molar-refractivity contribution in [2.75, 3.05) is 14.2 Å². The summed E-state index contributed by atoms with van der Waals surface area (Å²) in [5.41, 5.74) is 1.33. The predicted molar refractivity (Wildman–Crippen MR) is 118 cm³/mol. The van der Waals surface area contributed by atoms with Gasteiger partial charge in [0.2, 0.25) is 0 Å². The number of rotatable bonds is 8. The molecule has 0 aromatic heterocycles. The number of hydrogen-bond acceptors (Lipinski definition) is 7. The zero-order valence-electron chi connectivity index (χ0n) is 17.9. The van der Waals surface area contributed by atoms with Gasteiger partial charge in [0.15, 0.2) is 34.6 Å². The summed E-state index contributed by atoms with van der Waals surface area (Å²) in [5.74, 6) is 0.0835. The zero-order chi connectivity index (χ0) is 23.4. The van der Waals surface area contributed by atoms with E-state index < -0.39 is 0 Å². The number of ketones is 3. The fourth-order valence-corrected chi connectivity index (χ4v) is 2.26. The minimum Gasteiger partial charge on any atom is -0.504 e. The molecule has 7 nitrogen and oxygen atoms in total. The van der Waals surface area contributed by atoms with Gasteiger partial charge in [-0.2, -0.15) is 0 Å². The van der Waals surface area contributed by atoms with Gasteiger partial charge in [-0.05, 0) is 61.4 Å². The van der Waals surface area contributed by atoms with Crippen LogP contribution in [0.25, 0.3) is 12.2 Å². The van der Waals surface area contributed by atoms with Crippen molar-refractivity contribution in [3.63, 3.8) is 0 Å². The van der Waals surface area contributed by atoms with Crippen molar-refractivity contribution in [1.29, 1.82) is 0 Å². The third-order valence-corrected chi connectivity index (χ3v) is 3.68. The molecule has 0 fully saturated rings. The highest BCUT2D eigenvalue weighted by molar-refractivity contribution is 6.10. The number of carbonyl (C=O) groups excluding carboxylic acids is 3. The lowest BCUT2D eigenvalue weighted by atomic mass is 10.1. The zero-order valence-corrected chi connectivity index (χ0v) is 17.9. The van der Waals surface area contributed by atoms with Gasteiger partial charge >= 0.3 is 0 Å². The Morgan fingerprint density at radius 2 is 1.13 bits per heavy atom. The summed E-state index contributed by atoms with van der Waals surface area (Å²) in [5, 5.41) is 19.1. The van der Waals surface area contributed by atoms with Gasteiger partial charge in [0, 0.05) is 0 Å².